The van der Waals surface area contributed by atoms with E-state index < -0.39 is 23.5 Å². The zero-order chi connectivity index (χ0) is 14.9. The van der Waals surface area contributed by atoms with Crippen LogP contribution in [0.5, 0.6) is 0 Å². The second-order valence-electron chi connectivity index (χ2n) is 4.41. The van der Waals surface area contributed by atoms with Crippen LogP contribution >= 0.6 is 11.6 Å². The zero-order valence-corrected chi connectivity index (χ0v) is 11.3. The summed E-state index contributed by atoms with van der Waals surface area (Å²) in [6, 6.07) is 5.08. The Bertz CT molecular complexity index is 647. The lowest BCUT2D eigenvalue weighted by Gasteiger charge is -2.19. The van der Waals surface area contributed by atoms with E-state index in [4.69, 9.17) is 17.4 Å². The minimum absolute atomic E-state index is 0.112. The van der Waals surface area contributed by atoms with E-state index in [0.29, 0.717) is 0 Å². The topological polar surface area (TPSA) is 38.0 Å². The monoisotopic (exact) mass is 300 g/mol. The van der Waals surface area contributed by atoms with Crippen molar-refractivity contribution in [3.63, 3.8) is 0 Å². The summed E-state index contributed by atoms with van der Waals surface area (Å²) in [4.78, 5) is 0. The third-order valence-corrected chi connectivity index (χ3v) is 3.27. The van der Waals surface area contributed by atoms with Crippen LogP contribution in [0.25, 0.3) is 0 Å². The fraction of sp³-hybridized carbons (Fsp3) is 0.143. The van der Waals surface area contributed by atoms with Gasteiger partial charge < -0.3 is 0 Å². The molecule has 106 valence electrons. The molecular weight excluding hydrogens is 289 g/mol. The van der Waals surface area contributed by atoms with Crippen LogP contribution in [0.1, 0.15) is 22.7 Å². The van der Waals surface area contributed by atoms with E-state index in [0.717, 1.165) is 17.7 Å². The van der Waals surface area contributed by atoms with E-state index in [1.807, 2.05) is 0 Å². The van der Waals surface area contributed by atoms with E-state index in [1.165, 1.54) is 12.1 Å². The van der Waals surface area contributed by atoms with E-state index in [2.05, 4.69) is 5.43 Å². The molecule has 0 radical (unpaired) electrons. The quantitative estimate of drug-likeness (QED) is 0.516. The van der Waals surface area contributed by atoms with Gasteiger partial charge in [-0.05, 0) is 25.1 Å². The number of hydrogen-bond donors (Lipinski definition) is 2. The number of rotatable bonds is 3. The van der Waals surface area contributed by atoms with Crippen LogP contribution in [0.15, 0.2) is 30.3 Å². The third kappa shape index (κ3) is 2.80. The molecule has 3 N–H and O–H groups in total. The number of aryl methyl sites for hydroxylation is 1. The Balaban J connectivity index is 2.58. The Morgan fingerprint density at radius 1 is 1.00 bits per heavy atom. The molecule has 0 saturated carbocycles. The van der Waals surface area contributed by atoms with Crippen LogP contribution in [0.4, 0.5) is 13.2 Å². The van der Waals surface area contributed by atoms with Crippen molar-refractivity contribution in [2.24, 2.45) is 5.84 Å². The van der Waals surface area contributed by atoms with Gasteiger partial charge >= 0.3 is 0 Å². The standard InChI is InChI=1S/C14H12ClF3N2/c1-7-2-3-11(16)8(4-7)14(20-19)9-5-13(18)10(15)6-12(9)17/h2-6,14,20H,19H2,1H3. The smallest absolute Gasteiger partial charge is 0.142 e. The Labute approximate surface area is 119 Å². The van der Waals surface area contributed by atoms with Gasteiger partial charge in [0.1, 0.15) is 17.5 Å². The highest BCUT2D eigenvalue weighted by Crippen LogP contribution is 2.29. The molecule has 2 nitrogen and oxygen atoms in total. The van der Waals surface area contributed by atoms with Crippen LogP contribution in [-0.4, -0.2) is 0 Å². The summed E-state index contributed by atoms with van der Waals surface area (Å²) < 4.78 is 41.3. The third-order valence-electron chi connectivity index (χ3n) is 2.98. The van der Waals surface area contributed by atoms with Crippen molar-refractivity contribution in [1.29, 1.82) is 0 Å². The van der Waals surface area contributed by atoms with Crippen molar-refractivity contribution in [2.75, 3.05) is 0 Å². The summed E-state index contributed by atoms with van der Waals surface area (Å²) >= 11 is 5.50. The molecule has 0 aromatic heterocycles. The first-order valence-electron chi connectivity index (χ1n) is 5.80. The number of nitrogens with two attached hydrogens (primary N) is 1. The van der Waals surface area contributed by atoms with Crippen molar-refractivity contribution in [1.82, 2.24) is 5.43 Å². The van der Waals surface area contributed by atoms with Gasteiger partial charge in [-0.3, -0.25) is 5.84 Å². The normalized spacial score (nSPS) is 12.5. The van der Waals surface area contributed by atoms with E-state index >= 15 is 0 Å². The first-order valence-corrected chi connectivity index (χ1v) is 6.18. The Morgan fingerprint density at radius 3 is 2.30 bits per heavy atom. The van der Waals surface area contributed by atoms with Gasteiger partial charge in [0.25, 0.3) is 0 Å². The van der Waals surface area contributed by atoms with Gasteiger partial charge in [-0.1, -0.05) is 29.3 Å². The molecular formula is C14H12ClF3N2. The predicted molar refractivity (Wildman–Crippen MR) is 71.7 cm³/mol. The lowest BCUT2D eigenvalue weighted by molar-refractivity contribution is 0.523. The highest BCUT2D eigenvalue weighted by molar-refractivity contribution is 6.30. The second-order valence-corrected chi connectivity index (χ2v) is 4.82. The van der Waals surface area contributed by atoms with Crippen LogP contribution in [0, 0.1) is 24.4 Å². The lowest BCUT2D eigenvalue weighted by atomic mass is 9.96. The fourth-order valence-electron chi connectivity index (χ4n) is 1.99. The number of hydrazine groups is 1. The summed E-state index contributed by atoms with van der Waals surface area (Å²) in [5.41, 5.74) is 3.10. The molecule has 2 aromatic carbocycles. The first kappa shape index (κ1) is 14.8. The average Bonchev–Trinajstić information content (AvgIpc) is 2.40. The lowest BCUT2D eigenvalue weighted by Crippen LogP contribution is -2.30. The van der Waals surface area contributed by atoms with Gasteiger partial charge in [-0.15, -0.1) is 0 Å². The maximum absolute atomic E-state index is 13.9. The highest BCUT2D eigenvalue weighted by Gasteiger charge is 2.22. The highest BCUT2D eigenvalue weighted by atomic mass is 35.5. The van der Waals surface area contributed by atoms with Crippen LogP contribution < -0.4 is 11.3 Å². The predicted octanol–water partition coefficient (Wildman–Crippen LogP) is 3.62. The second kappa shape index (κ2) is 5.83. The maximum Gasteiger partial charge on any atom is 0.142 e. The molecule has 0 aliphatic rings. The largest absolute Gasteiger partial charge is 0.271 e. The number of halogens is 4. The Morgan fingerprint density at radius 2 is 1.65 bits per heavy atom. The van der Waals surface area contributed by atoms with Crippen molar-refractivity contribution in [3.8, 4) is 0 Å². The molecule has 1 atom stereocenters. The van der Waals surface area contributed by atoms with Gasteiger partial charge in [-0.2, -0.15) is 0 Å². The van der Waals surface area contributed by atoms with E-state index in [9.17, 15) is 13.2 Å². The molecule has 6 heteroatoms. The van der Waals surface area contributed by atoms with Gasteiger partial charge in [0.15, 0.2) is 0 Å². The fourth-order valence-corrected chi connectivity index (χ4v) is 2.14. The molecule has 2 aromatic rings. The van der Waals surface area contributed by atoms with E-state index in [1.54, 1.807) is 13.0 Å². The van der Waals surface area contributed by atoms with Gasteiger partial charge in [-0.25, -0.2) is 18.6 Å². The first-order chi connectivity index (χ1) is 9.43. The van der Waals surface area contributed by atoms with Crippen molar-refractivity contribution in [2.45, 2.75) is 13.0 Å². The van der Waals surface area contributed by atoms with E-state index in [-0.39, 0.29) is 16.1 Å². The van der Waals surface area contributed by atoms with Gasteiger partial charge in [0.05, 0.1) is 11.1 Å². The summed E-state index contributed by atoms with van der Waals surface area (Å²) in [7, 11) is 0. The minimum atomic E-state index is -1.01. The molecule has 0 saturated heterocycles. The van der Waals surface area contributed by atoms with Crippen molar-refractivity contribution >= 4 is 11.6 Å². The molecule has 0 spiro atoms. The number of nitrogens with one attached hydrogen (secondary N) is 1. The summed E-state index contributed by atoms with van der Waals surface area (Å²) in [6.45, 7) is 1.76. The van der Waals surface area contributed by atoms with Gasteiger partial charge in [0.2, 0.25) is 0 Å². The molecule has 0 amide bonds. The van der Waals surface area contributed by atoms with Crippen molar-refractivity contribution < 1.29 is 13.2 Å². The van der Waals surface area contributed by atoms with Crippen LogP contribution in [0.3, 0.4) is 0 Å². The summed E-state index contributed by atoms with van der Waals surface area (Å²) in [6.07, 6.45) is 0. The zero-order valence-electron chi connectivity index (χ0n) is 10.6. The van der Waals surface area contributed by atoms with Crippen LogP contribution in [0.2, 0.25) is 5.02 Å². The summed E-state index contributed by atoms with van der Waals surface area (Å²) in [5, 5.41) is -0.341. The average molecular weight is 301 g/mol. The molecule has 0 aliphatic heterocycles. The molecule has 2 rings (SSSR count). The SMILES string of the molecule is Cc1ccc(F)c(C(NN)c2cc(F)c(Cl)cc2F)c1. The number of benzene rings is 2. The molecule has 20 heavy (non-hydrogen) atoms. The minimum Gasteiger partial charge on any atom is -0.271 e. The molecule has 0 bridgehead atoms. The maximum atomic E-state index is 13.9. The van der Waals surface area contributed by atoms with Crippen LogP contribution in [-0.2, 0) is 0 Å². The Hall–Kier alpha value is -1.56. The molecule has 0 heterocycles. The summed E-state index contributed by atoms with van der Waals surface area (Å²) in [5.74, 6) is 3.25. The molecule has 0 fully saturated rings. The van der Waals surface area contributed by atoms with Gasteiger partial charge in [0, 0.05) is 11.1 Å². The molecule has 1 unspecified atom stereocenters. The van der Waals surface area contributed by atoms with Crippen molar-refractivity contribution in [3.05, 3.63) is 69.5 Å². The number of hydrogen-bond acceptors (Lipinski definition) is 2. The molecule has 0 aliphatic carbocycles. The Kier molecular flexibility index (Phi) is 4.32.